The fraction of sp³-hybridized carbons (Fsp3) is 0.348. The normalized spacial score (nSPS) is 10.5. The van der Waals surface area contributed by atoms with Gasteiger partial charge in [-0.15, -0.1) is 34.5 Å². The second-order valence-corrected chi connectivity index (χ2v) is 10.3. The van der Waals surface area contributed by atoms with E-state index in [4.69, 9.17) is 17.0 Å². The predicted octanol–water partition coefficient (Wildman–Crippen LogP) is 8.29. The summed E-state index contributed by atoms with van der Waals surface area (Å²) in [6.07, 6.45) is 7.63. The molecule has 0 fully saturated rings. The summed E-state index contributed by atoms with van der Waals surface area (Å²) in [5, 5.41) is 2.79. The van der Waals surface area contributed by atoms with Crippen LogP contribution in [0.25, 0.3) is 21.9 Å². The van der Waals surface area contributed by atoms with Crippen LogP contribution in [0.2, 0.25) is 0 Å². The average Bonchev–Trinajstić information content (AvgIpc) is 3.09. The summed E-state index contributed by atoms with van der Waals surface area (Å²) in [5.41, 5.74) is 5.59. The predicted molar refractivity (Wildman–Crippen MR) is 114 cm³/mol. The standard InChI is InChI=1S/C23H27.2ClH.Zr/c1-3-5-6-7-9-19-16-21-10-8-11-22(23(21)17-19)20-14-12-18(4-2)13-15-20;;;/h8,10-17H,3-7,9H2,1-2H3;2*1H;/q-1;;;+2/p-2. The Hall–Kier alpha value is -0.487. The van der Waals surface area contributed by atoms with Gasteiger partial charge in [-0.25, -0.2) is 0 Å². The number of aryl methyl sites for hydroxylation is 2. The van der Waals surface area contributed by atoms with E-state index in [1.807, 2.05) is 0 Å². The van der Waals surface area contributed by atoms with Gasteiger partial charge in [0.25, 0.3) is 0 Å². The summed E-state index contributed by atoms with van der Waals surface area (Å²) in [5.74, 6) is 0. The Morgan fingerprint density at radius 3 is 2.31 bits per heavy atom. The molecule has 0 atom stereocenters. The van der Waals surface area contributed by atoms with E-state index in [1.165, 1.54) is 65.1 Å². The Bertz CT molecular complexity index is 775. The number of benzene rings is 2. The first-order valence-corrected chi connectivity index (χ1v) is 15.8. The number of rotatable bonds is 7. The number of halogens is 2. The van der Waals surface area contributed by atoms with Gasteiger partial charge in [0.1, 0.15) is 0 Å². The van der Waals surface area contributed by atoms with E-state index in [0.29, 0.717) is 0 Å². The van der Waals surface area contributed by atoms with Crippen molar-refractivity contribution in [2.75, 3.05) is 0 Å². The Morgan fingerprint density at radius 2 is 1.65 bits per heavy atom. The van der Waals surface area contributed by atoms with Gasteiger partial charge in [-0.3, -0.25) is 0 Å². The molecule has 0 amide bonds. The Labute approximate surface area is 176 Å². The molecule has 3 rings (SSSR count). The molecule has 0 N–H and O–H groups in total. The van der Waals surface area contributed by atoms with Crippen molar-refractivity contribution in [3.63, 3.8) is 0 Å². The first kappa shape index (κ1) is 21.8. The maximum absolute atomic E-state index is 4.93. The van der Waals surface area contributed by atoms with Crippen molar-refractivity contribution in [3.05, 3.63) is 65.7 Å². The van der Waals surface area contributed by atoms with Gasteiger partial charge < -0.3 is 0 Å². The van der Waals surface area contributed by atoms with Crippen LogP contribution in [0.3, 0.4) is 0 Å². The van der Waals surface area contributed by atoms with Crippen LogP contribution in [0.15, 0.2) is 54.6 Å². The molecule has 0 aliphatic heterocycles. The van der Waals surface area contributed by atoms with Crippen LogP contribution in [0.4, 0.5) is 0 Å². The molecule has 26 heavy (non-hydrogen) atoms. The van der Waals surface area contributed by atoms with Crippen molar-refractivity contribution in [2.45, 2.75) is 52.4 Å². The SMILES string of the molecule is CCCCCCc1cc2c(-c3ccc(CC)cc3)cccc2[cH-]1.[Cl][Zr][Cl]. The first-order chi connectivity index (χ1) is 12.7. The fourth-order valence-corrected chi connectivity index (χ4v) is 3.37. The maximum atomic E-state index is 4.93. The van der Waals surface area contributed by atoms with Crippen molar-refractivity contribution in [1.29, 1.82) is 0 Å². The topological polar surface area (TPSA) is 0 Å². The number of unbranched alkanes of at least 4 members (excludes halogenated alkanes) is 3. The molecule has 0 heterocycles. The molecule has 0 aliphatic rings. The van der Waals surface area contributed by atoms with Gasteiger partial charge in [-0.2, -0.15) is 6.07 Å². The van der Waals surface area contributed by atoms with Crippen LogP contribution in [0.5, 0.6) is 0 Å². The van der Waals surface area contributed by atoms with Gasteiger partial charge in [-0.05, 0) is 24.0 Å². The van der Waals surface area contributed by atoms with Crippen molar-refractivity contribution >= 4 is 27.8 Å². The van der Waals surface area contributed by atoms with E-state index in [-0.39, 0.29) is 0 Å². The van der Waals surface area contributed by atoms with Crippen LogP contribution >= 0.6 is 17.0 Å². The molecule has 0 spiro atoms. The zero-order chi connectivity index (χ0) is 18.8. The molecule has 3 aromatic carbocycles. The van der Waals surface area contributed by atoms with E-state index >= 15 is 0 Å². The molecule has 138 valence electrons. The minimum atomic E-state index is -0.826. The molecule has 0 saturated carbocycles. The third-order valence-corrected chi connectivity index (χ3v) is 4.80. The van der Waals surface area contributed by atoms with Crippen LogP contribution in [-0.4, -0.2) is 0 Å². The Kier molecular flexibility index (Phi) is 10.1. The van der Waals surface area contributed by atoms with E-state index in [9.17, 15) is 0 Å². The Morgan fingerprint density at radius 1 is 0.923 bits per heavy atom. The van der Waals surface area contributed by atoms with Crippen LogP contribution in [-0.2, 0) is 33.7 Å². The zero-order valence-electron chi connectivity index (χ0n) is 15.7. The quantitative estimate of drug-likeness (QED) is 0.243. The van der Waals surface area contributed by atoms with Crippen molar-refractivity contribution < 1.29 is 20.8 Å². The monoisotopic (exact) mass is 463 g/mol. The number of fused-ring (bicyclic) bond motifs is 1. The van der Waals surface area contributed by atoms with Gasteiger partial charge in [0, 0.05) is 0 Å². The molecule has 0 aromatic heterocycles. The average molecular weight is 466 g/mol. The molecule has 0 unspecified atom stereocenters. The van der Waals surface area contributed by atoms with Gasteiger partial charge in [0.2, 0.25) is 0 Å². The second kappa shape index (κ2) is 12.1. The van der Waals surface area contributed by atoms with E-state index < -0.39 is 20.8 Å². The van der Waals surface area contributed by atoms with Crippen molar-refractivity contribution in [3.8, 4) is 11.1 Å². The van der Waals surface area contributed by atoms with Gasteiger partial charge in [0.15, 0.2) is 0 Å². The number of hydrogen-bond acceptors (Lipinski definition) is 0. The van der Waals surface area contributed by atoms with E-state index in [2.05, 4.69) is 68.4 Å². The van der Waals surface area contributed by atoms with E-state index in [1.54, 1.807) is 0 Å². The third kappa shape index (κ3) is 6.29. The molecule has 0 bridgehead atoms. The summed E-state index contributed by atoms with van der Waals surface area (Å²) in [6.45, 7) is 4.48. The van der Waals surface area contributed by atoms with E-state index in [0.717, 1.165) is 6.42 Å². The molecule has 3 aromatic rings. The van der Waals surface area contributed by atoms with Gasteiger partial charge >= 0.3 is 37.9 Å². The summed E-state index contributed by atoms with van der Waals surface area (Å²) < 4.78 is 0. The van der Waals surface area contributed by atoms with Crippen molar-refractivity contribution in [1.82, 2.24) is 0 Å². The van der Waals surface area contributed by atoms with Crippen LogP contribution < -0.4 is 0 Å². The van der Waals surface area contributed by atoms with Crippen LogP contribution in [0, 0.1) is 0 Å². The molecule has 0 saturated heterocycles. The van der Waals surface area contributed by atoms with Gasteiger partial charge in [0.05, 0.1) is 0 Å². The van der Waals surface area contributed by atoms with Crippen molar-refractivity contribution in [2.24, 2.45) is 0 Å². The summed E-state index contributed by atoms with van der Waals surface area (Å²) in [4.78, 5) is 0. The molecule has 3 heteroatoms. The minimum absolute atomic E-state index is 0.826. The molecule has 0 aliphatic carbocycles. The molecule has 0 nitrogen and oxygen atoms in total. The third-order valence-electron chi connectivity index (χ3n) is 4.80. The summed E-state index contributed by atoms with van der Waals surface area (Å²) >= 11 is -0.826. The second-order valence-electron chi connectivity index (χ2n) is 6.60. The zero-order valence-corrected chi connectivity index (χ0v) is 19.7. The summed E-state index contributed by atoms with van der Waals surface area (Å²) in [7, 11) is 9.87. The fourth-order valence-electron chi connectivity index (χ4n) is 3.37. The Balaban J connectivity index is 0.000000758. The van der Waals surface area contributed by atoms with Crippen LogP contribution in [0.1, 0.15) is 50.7 Å². The summed E-state index contributed by atoms with van der Waals surface area (Å²) in [6, 6.07) is 20.5. The van der Waals surface area contributed by atoms with Gasteiger partial charge in [-0.1, -0.05) is 75.4 Å². The molecular weight excluding hydrogens is 438 g/mol. The molecular formula is C23H27Cl2Zr-. The molecule has 0 radical (unpaired) electrons. The first-order valence-electron chi connectivity index (χ1n) is 9.47. The number of hydrogen-bond donors (Lipinski definition) is 0.